The summed E-state index contributed by atoms with van der Waals surface area (Å²) in [7, 11) is 0. The van der Waals surface area contributed by atoms with Crippen molar-refractivity contribution in [2.45, 2.75) is 12.8 Å². The van der Waals surface area contributed by atoms with Crippen molar-refractivity contribution in [3.8, 4) is 0 Å². The van der Waals surface area contributed by atoms with Crippen molar-refractivity contribution in [2.24, 2.45) is 0 Å². The summed E-state index contributed by atoms with van der Waals surface area (Å²) in [5, 5.41) is 8.45. The Morgan fingerprint density at radius 1 is 1.38 bits per heavy atom. The van der Waals surface area contributed by atoms with Crippen molar-refractivity contribution in [1.29, 1.82) is 0 Å². The Morgan fingerprint density at radius 2 is 2.00 bits per heavy atom. The standard InChI is InChI=1S/C7H5F4NO/c8-6-1-4(3-13)12-2-5(6)7(9,10)11/h1-2,13H,3H2. The van der Waals surface area contributed by atoms with E-state index in [1.807, 2.05) is 0 Å². The highest BCUT2D eigenvalue weighted by molar-refractivity contribution is 5.19. The third kappa shape index (κ3) is 2.15. The molecule has 1 aromatic rings. The Balaban J connectivity index is 3.13. The number of pyridine rings is 1. The second kappa shape index (κ2) is 3.29. The maximum atomic E-state index is 12.7. The molecule has 0 aliphatic rings. The molecule has 0 bridgehead atoms. The molecule has 0 aliphatic heterocycles. The maximum Gasteiger partial charge on any atom is 0.420 e. The van der Waals surface area contributed by atoms with Gasteiger partial charge < -0.3 is 5.11 Å². The van der Waals surface area contributed by atoms with Crippen LogP contribution >= 0.6 is 0 Å². The van der Waals surface area contributed by atoms with Crippen LogP contribution in [-0.2, 0) is 12.8 Å². The number of hydrogen-bond donors (Lipinski definition) is 1. The van der Waals surface area contributed by atoms with Gasteiger partial charge in [0.1, 0.15) is 11.4 Å². The first-order chi connectivity index (χ1) is 5.95. The smallest absolute Gasteiger partial charge is 0.390 e. The molecule has 1 heterocycles. The molecule has 1 rings (SSSR count). The van der Waals surface area contributed by atoms with E-state index in [0.29, 0.717) is 12.3 Å². The molecule has 0 atom stereocenters. The number of alkyl halides is 3. The van der Waals surface area contributed by atoms with Crippen LogP contribution in [0.3, 0.4) is 0 Å². The summed E-state index contributed by atoms with van der Waals surface area (Å²) in [6, 6.07) is 0.558. The fourth-order valence-electron chi connectivity index (χ4n) is 0.765. The van der Waals surface area contributed by atoms with Gasteiger partial charge in [0.15, 0.2) is 0 Å². The average molecular weight is 195 g/mol. The lowest BCUT2D eigenvalue weighted by atomic mass is 10.2. The molecule has 0 fully saturated rings. The van der Waals surface area contributed by atoms with E-state index in [1.165, 1.54) is 0 Å². The zero-order valence-corrected chi connectivity index (χ0v) is 6.27. The highest BCUT2D eigenvalue weighted by Crippen LogP contribution is 2.30. The molecule has 0 saturated heterocycles. The number of halogens is 4. The Bertz CT molecular complexity index is 310. The van der Waals surface area contributed by atoms with Crippen LogP contribution in [0.1, 0.15) is 11.3 Å². The lowest BCUT2D eigenvalue weighted by molar-refractivity contribution is -0.140. The summed E-state index contributed by atoms with van der Waals surface area (Å²) >= 11 is 0. The Morgan fingerprint density at radius 3 is 2.38 bits per heavy atom. The summed E-state index contributed by atoms with van der Waals surface area (Å²) in [4.78, 5) is 3.21. The third-order valence-corrected chi connectivity index (χ3v) is 1.38. The van der Waals surface area contributed by atoms with E-state index in [4.69, 9.17) is 5.11 Å². The van der Waals surface area contributed by atoms with Gasteiger partial charge in [-0.3, -0.25) is 4.98 Å². The Labute approximate surface area is 70.8 Å². The maximum absolute atomic E-state index is 12.7. The van der Waals surface area contributed by atoms with Crippen LogP contribution in [0.2, 0.25) is 0 Å². The number of hydrogen-bond acceptors (Lipinski definition) is 2. The van der Waals surface area contributed by atoms with Gasteiger partial charge in [-0.2, -0.15) is 13.2 Å². The number of aliphatic hydroxyl groups is 1. The quantitative estimate of drug-likeness (QED) is 0.692. The van der Waals surface area contributed by atoms with Crippen molar-refractivity contribution >= 4 is 0 Å². The molecule has 0 amide bonds. The summed E-state index contributed by atoms with van der Waals surface area (Å²) in [5.41, 5.74) is -1.56. The predicted octanol–water partition coefficient (Wildman–Crippen LogP) is 1.73. The highest BCUT2D eigenvalue weighted by Gasteiger charge is 2.34. The van der Waals surface area contributed by atoms with E-state index in [9.17, 15) is 17.6 Å². The summed E-state index contributed by atoms with van der Waals surface area (Å²) in [6.07, 6.45) is -4.38. The van der Waals surface area contributed by atoms with Crippen LogP contribution < -0.4 is 0 Å². The van der Waals surface area contributed by atoms with Gasteiger partial charge in [-0.1, -0.05) is 0 Å². The van der Waals surface area contributed by atoms with E-state index in [0.717, 1.165) is 0 Å². The molecule has 1 aromatic heterocycles. The summed E-state index contributed by atoms with van der Waals surface area (Å²) in [5.74, 6) is -1.42. The third-order valence-electron chi connectivity index (χ3n) is 1.38. The first kappa shape index (κ1) is 9.91. The van der Waals surface area contributed by atoms with Gasteiger partial charge in [-0.15, -0.1) is 0 Å². The monoisotopic (exact) mass is 195 g/mol. The van der Waals surface area contributed by atoms with Crippen LogP contribution in [-0.4, -0.2) is 10.1 Å². The lowest BCUT2D eigenvalue weighted by Gasteiger charge is -2.07. The molecule has 0 aliphatic carbocycles. The number of nitrogens with zero attached hydrogens (tertiary/aromatic N) is 1. The molecular formula is C7H5F4NO. The molecule has 0 unspecified atom stereocenters. The molecule has 0 spiro atoms. The van der Waals surface area contributed by atoms with Gasteiger partial charge in [0.2, 0.25) is 0 Å². The van der Waals surface area contributed by atoms with Crippen LogP contribution in [0.15, 0.2) is 12.3 Å². The van der Waals surface area contributed by atoms with Gasteiger partial charge in [-0.05, 0) is 6.07 Å². The number of aromatic nitrogens is 1. The van der Waals surface area contributed by atoms with Crippen LogP contribution in [0.5, 0.6) is 0 Å². The largest absolute Gasteiger partial charge is 0.420 e. The van der Waals surface area contributed by atoms with E-state index < -0.39 is 24.2 Å². The molecule has 1 N–H and O–H groups in total. The van der Waals surface area contributed by atoms with Crippen LogP contribution in [0, 0.1) is 5.82 Å². The fourth-order valence-corrected chi connectivity index (χ4v) is 0.765. The molecule has 6 heteroatoms. The average Bonchev–Trinajstić information content (AvgIpc) is 2.01. The minimum absolute atomic E-state index is 0.134. The molecular weight excluding hydrogens is 190 g/mol. The van der Waals surface area contributed by atoms with Crippen LogP contribution in [0.4, 0.5) is 17.6 Å². The normalized spacial score (nSPS) is 11.8. The van der Waals surface area contributed by atoms with E-state index in [-0.39, 0.29) is 5.69 Å². The molecule has 72 valence electrons. The van der Waals surface area contributed by atoms with Gasteiger partial charge in [0.25, 0.3) is 0 Å². The van der Waals surface area contributed by atoms with Crippen LogP contribution in [0.25, 0.3) is 0 Å². The first-order valence-electron chi connectivity index (χ1n) is 3.27. The van der Waals surface area contributed by atoms with Crippen molar-refractivity contribution in [3.05, 3.63) is 29.3 Å². The minimum atomic E-state index is -4.74. The molecule has 0 radical (unpaired) electrons. The summed E-state index contributed by atoms with van der Waals surface area (Å²) in [6.45, 7) is -0.588. The molecule has 13 heavy (non-hydrogen) atoms. The van der Waals surface area contributed by atoms with E-state index >= 15 is 0 Å². The lowest BCUT2D eigenvalue weighted by Crippen LogP contribution is -2.09. The zero-order chi connectivity index (χ0) is 10.1. The minimum Gasteiger partial charge on any atom is -0.390 e. The fraction of sp³-hybridized carbons (Fsp3) is 0.286. The number of aliphatic hydroxyl groups excluding tert-OH is 1. The van der Waals surface area contributed by atoms with E-state index in [2.05, 4.69) is 4.98 Å². The zero-order valence-electron chi connectivity index (χ0n) is 6.27. The predicted molar refractivity (Wildman–Crippen MR) is 35.1 cm³/mol. The summed E-state index contributed by atoms with van der Waals surface area (Å²) < 4.78 is 48.5. The van der Waals surface area contributed by atoms with Gasteiger partial charge in [0, 0.05) is 6.20 Å². The highest BCUT2D eigenvalue weighted by atomic mass is 19.4. The van der Waals surface area contributed by atoms with E-state index in [1.54, 1.807) is 0 Å². The molecule has 2 nitrogen and oxygen atoms in total. The van der Waals surface area contributed by atoms with Crippen molar-refractivity contribution in [1.82, 2.24) is 4.98 Å². The SMILES string of the molecule is OCc1cc(F)c(C(F)(F)F)cn1. The topological polar surface area (TPSA) is 33.1 Å². The second-order valence-corrected chi connectivity index (χ2v) is 2.31. The van der Waals surface area contributed by atoms with Gasteiger partial charge in [-0.25, -0.2) is 4.39 Å². The Hall–Kier alpha value is -1.17. The molecule has 0 aromatic carbocycles. The van der Waals surface area contributed by atoms with Crippen molar-refractivity contribution < 1.29 is 22.7 Å². The van der Waals surface area contributed by atoms with Crippen molar-refractivity contribution in [2.75, 3.05) is 0 Å². The van der Waals surface area contributed by atoms with Gasteiger partial charge >= 0.3 is 6.18 Å². The van der Waals surface area contributed by atoms with Crippen molar-refractivity contribution in [3.63, 3.8) is 0 Å². The van der Waals surface area contributed by atoms with Gasteiger partial charge in [0.05, 0.1) is 12.3 Å². The number of rotatable bonds is 1. The first-order valence-corrected chi connectivity index (χ1v) is 3.27. The Kier molecular flexibility index (Phi) is 2.51. The molecule has 0 saturated carbocycles. The second-order valence-electron chi connectivity index (χ2n) is 2.31.